The van der Waals surface area contributed by atoms with Crippen molar-refractivity contribution in [3.8, 4) is 11.1 Å². The fraction of sp³-hybridized carbons (Fsp3) is 0.100. The van der Waals surface area contributed by atoms with Crippen molar-refractivity contribution in [3.05, 3.63) is 84.2 Å². The van der Waals surface area contributed by atoms with E-state index in [1.165, 1.54) is 0 Å². The Morgan fingerprint density at radius 3 is 2.21 bits per heavy atom. The average Bonchev–Trinajstić information content (AvgIpc) is 2.67. The fourth-order valence-electron chi connectivity index (χ4n) is 2.43. The number of rotatable bonds is 5. The van der Waals surface area contributed by atoms with Gasteiger partial charge in [0.15, 0.2) is 0 Å². The highest BCUT2D eigenvalue weighted by atomic mass is 16.1. The van der Waals surface area contributed by atoms with Crippen molar-refractivity contribution in [2.75, 3.05) is 12.4 Å². The maximum absolute atomic E-state index is 12.2. The standard InChI is InChI=1S/C20H19N3O/c1-21-19-10-8-17(9-11-19)16-4-6-18(7-5-16)20(24)23-14-15-3-2-12-22-13-15/h2-13,21H,14H2,1H3,(H,23,24). The molecule has 0 saturated carbocycles. The molecular weight excluding hydrogens is 298 g/mol. The third-order valence-corrected chi connectivity index (χ3v) is 3.83. The van der Waals surface area contributed by atoms with Gasteiger partial charge < -0.3 is 10.6 Å². The van der Waals surface area contributed by atoms with Gasteiger partial charge in [-0.1, -0.05) is 30.3 Å². The zero-order valence-electron chi connectivity index (χ0n) is 13.5. The minimum atomic E-state index is -0.0871. The van der Waals surface area contributed by atoms with E-state index in [-0.39, 0.29) is 5.91 Å². The molecule has 3 rings (SSSR count). The second-order valence-electron chi connectivity index (χ2n) is 5.45. The van der Waals surface area contributed by atoms with Crippen LogP contribution >= 0.6 is 0 Å². The Labute approximate surface area is 141 Å². The molecule has 1 amide bonds. The molecular formula is C20H19N3O. The lowest BCUT2D eigenvalue weighted by Gasteiger charge is -2.07. The van der Waals surface area contributed by atoms with Gasteiger partial charge >= 0.3 is 0 Å². The summed E-state index contributed by atoms with van der Waals surface area (Å²) in [5.41, 5.74) is 4.91. The zero-order chi connectivity index (χ0) is 16.8. The van der Waals surface area contributed by atoms with Crippen LogP contribution < -0.4 is 10.6 Å². The Bertz CT molecular complexity index is 797. The number of nitrogens with zero attached hydrogens (tertiary/aromatic N) is 1. The maximum Gasteiger partial charge on any atom is 0.251 e. The Balaban J connectivity index is 1.66. The molecule has 3 aromatic rings. The number of anilines is 1. The normalized spacial score (nSPS) is 10.2. The minimum absolute atomic E-state index is 0.0871. The highest BCUT2D eigenvalue weighted by Gasteiger charge is 2.06. The second kappa shape index (κ2) is 7.42. The summed E-state index contributed by atoms with van der Waals surface area (Å²) in [6.07, 6.45) is 3.46. The van der Waals surface area contributed by atoms with E-state index >= 15 is 0 Å². The summed E-state index contributed by atoms with van der Waals surface area (Å²) >= 11 is 0. The lowest BCUT2D eigenvalue weighted by atomic mass is 10.0. The number of benzene rings is 2. The quantitative estimate of drug-likeness (QED) is 0.754. The molecule has 120 valence electrons. The molecule has 24 heavy (non-hydrogen) atoms. The fourth-order valence-corrected chi connectivity index (χ4v) is 2.43. The molecule has 2 aromatic carbocycles. The molecule has 1 heterocycles. The number of pyridine rings is 1. The molecule has 1 aromatic heterocycles. The van der Waals surface area contributed by atoms with Crippen molar-refractivity contribution in [3.63, 3.8) is 0 Å². The number of hydrogen-bond acceptors (Lipinski definition) is 3. The highest BCUT2D eigenvalue weighted by molar-refractivity contribution is 5.94. The average molecular weight is 317 g/mol. The number of aromatic nitrogens is 1. The number of amides is 1. The van der Waals surface area contributed by atoms with Gasteiger partial charge in [0.2, 0.25) is 0 Å². The Hall–Kier alpha value is -3.14. The first-order valence-electron chi connectivity index (χ1n) is 7.81. The molecule has 0 spiro atoms. The Morgan fingerprint density at radius 1 is 0.958 bits per heavy atom. The van der Waals surface area contributed by atoms with Crippen LogP contribution in [0.25, 0.3) is 11.1 Å². The topological polar surface area (TPSA) is 54.0 Å². The number of hydrogen-bond donors (Lipinski definition) is 2. The van der Waals surface area contributed by atoms with Crippen molar-refractivity contribution in [2.45, 2.75) is 6.54 Å². The third kappa shape index (κ3) is 3.79. The molecule has 0 radical (unpaired) electrons. The molecule has 0 fully saturated rings. The molecule has 2 N–H and O–H groups in total. The molecule has 0 aliphatic rings. The van der Waals surface area contributed by atoms with E-state index in [1.807, 2.05) is 55.6 Å². The lowest BCUT2D eigenvalue weighted by molar-refractivity contribution is 0.0951. The summed E-state index contributed by atoms with van der Waals surface area (Å²) in [6, 6.07) is 19.6. The van der Waals surface area contributed by atoms with E-state index in [9.17, 15) is 4.79 Å². The summed E-state index contributed by atoms with van der Waals surface area (Å²) < 4.78 is 0. The number of carbonyl (C=O) groups is 1. The lowest BCUT2D eigenvalue weighted by Crippen LogP contribution is -2.22. The Morgan fingerprint density at radius 2 is 1.62 bits per heavy atom. The smallest absolute Gasteiger partial charge is 0.251 e. The molecule has 0 unspecified atom stereocenters. The van der Waals surface area contributed by atoms with Crippen molar-refractivity contribution < 1.29 is 4.79 Å². The van der Waals surface area contributed by atoms with Crippen LogP contribution in [0, 0.1) is 0 Å². The minimum Gasteiger partial charge on any atom is -0.388 e. The molecule has 0 aliphatic heterocycles. The number of carbonyl (C=O) groups excluding carboxylic acids is 1. The summed E-state index contributed by atoms with van der Waals surface area (Å²) in [4.78, 5) is 16.2. The van der Waals surface area contributed by atoms with E-state index in [2.05, 4.69) is 27.8 Å². The summed E-state index contributed by atoms with van der Waals surface area (Å²) in [5, 5.41) is 6.00. The maximum atomic E-state index is 12.2. The van der Waals surface area contributed by atoms with Gasteiger partial charge in [0.25, 0.3) is 5.91 Å². The van der Waals surface area contributed by atoms with Gasteiger partial charge in [0, 0.05) is 37.2 Å². The largest absolute Gasteiger partial charge is 0.388 e. The van der Waals surface area contributed by atoms with Gasteiger partial charge in [0.1, 0.15) is 0 Å². The van der Waals surface area contributed by atoms with E-state index < -0.39 is 0 Å². The van der Waals surface area contributed by atoms with Crippen molar-refractivity contribution in [1.29, 1.82) is 0 Å². The monoisotopic (exact) mass is 317 g/mol. The first kappa shape index (κ1) is 15.7. The SMILES string of the molecule is CNc1ccc(-c2ccc(C(=O)NCc3cccnc3)cc2)cc1. The van der Waals surface area contributed by atoms with Crippen LogP contribution in [0.3, 0.4) is 0 Å². The zero-order valence-corrected chi connectivity index (χ0v) is 13.5. The first-order chi connectivity index (χ1) is 11.8. The van der Waals surface area contributed by atoms with Gasteiger partial charge in [-0.05, 0) is 47.0 Å². The number of nitrogens with one attached hydrogen (secondary N) is 2. The molecule has 4 nitrogen and oxygen atoms in total. The van der Waals surface area contributed by atoms with Crippen LogP contribution in [0.1, 0.15) is 15.9 Å². The van der Waals surface area contributed by atoms with Crippen LogP contribution in [0.2, 0.25) is 0 Å². The van der Waals surface area contributed by atoms with Gasteiger partial charge in [-0.15, -0.1) is 0 Å². The Kier molecular flexibility index (Phi) is 4.87. The van der Waals surface area contributed by atoms with Crippen molar-refractivity contribution in [1.82, 2.24) is 10.3 Å². The predicted octanol–water partition coefficient (Wildman–Crippen LogP) is 3.72. The van der Waals surface area contributed by atoms with Crippen LogP contribution in [0.15, 0.2) is 73.1 Å². The highest BCUT2D eigenvalue weighted by Crippen LogP contribution is 2.21. The first-order valence-corrected chi connectivity index (χ1v) is 7.81. The molecule has 4 heteroatoms. The van der Waals surface area contributed by atoms with Gasteiger partial charge in [0.05, 0.1) is 0 Å². The third-order valence-electron chi connectivity index (χ3n) is 3.83. The van der Waals surface area contributed by atoms with Crippen LogP contribution in [-0.2, 0) is 6.54 Å². The van der Waals surface area contributed by atoms with Crippen LogP contribution in [0.4, 0.5) is 5.69 Å². The summed E-state index contributed by atoms with van der Waals surface area (Å²) in [6.45, 7) is 0.472. The summed E-state index contributed by atoms with van der Waals surface area (Å²) in [7, 11) is 1.90. The van der Waals surface area contributed by atoms with Crippen LogP contribution in [-0.4, -0.2) is 17.9 Å². The second-order valence-corrected chi connectivity index (χ2v) is 5.45. The van der Waals surface area contributed by atoms with E-state index in [1.54, 1.807) is 12.4 Å². The van der Waals surface area contributed by atoms with Crippen molar-refractivity contribution in [2.24, 2.45) is 0 Å². The van der Waals surface area contributed by atoms with E-state index in [4.69, 9.17) is 0 Å². The van der Waals surface area contributed by atoms with Gasteiger partial charge in [-0.3, -0.25) is 9.78 Å². The molecule has 0 bridgehead atoms. The molecule has 0 atom stereocenters. The predicted molar refractivity (Wildman–Crippen MR) is 96.8 cm³/mol. The molecule has 0 aliphatic carbocycles. The van der Waals surface area contributed by atoms with Crippen molar-refractivity contribution >= 4 is 11.6 Å². The summed E-state index contributed by atoms with van der Waals surface area (Å²) in [5.74, 6) is -0.0871. The van der Waals surface area contributed by atoms with E-state index in [0.717, 1.165) is 22.4 Å². The molecule has 0 saturated heterocycles. The van der Waals surface area contributed by atoms with E-state index in [0.29, 0.717) is 12.1 Å². The van der Waals surface area contributed by atoms with Gasteiger partial charge in [-0.2, -0.15) is 0 Å². The van der Waals surface area contributed by atoms with Crippen LogP contribution in [0.5, 0.6) is 0 Å². The van der Waals surface area contributed by atoms with Gasteiger partial charge in [-0.25, -0.2) is 0 Å².